The summed E-state index contributed by atoms with van der Waals surface area (Å²) >= 11 is 0. The van der Waals surface area contributed by atoms with Crippen LogP contribution in [0.5, 0.6) is 11.5 Å². The lowest BCUT2D eigenvalue weighted by atomic mass is 10.1. The molecule has 2 aromatic heterocycles. The second-order valence-corrected chi connectivity index (χ2v) is 7.58. The van der Waals surface area contributed by atoms with Crippen molar-refractivity contribution in [1.29, 1.82) is 0 Å². The van der Waals surface area contributed by atoms with Crippen molar-refractivity contribution in [3.05, 3.63) is 66.0 Å². The number of amides is 1. The third kappa shape index (κ3) is 4.04. The number of rotatable bonds is 7. The first-order valence-corrected chi connectivity index (χ1v) is 10.2. The quantitative estimate of drug-likeness (QED) is 0.467. The normalized spacial score (nSPS) is 12.0. The van der Waals surface area contributed by atoms with Crippen molar-refractivity contribution < 1.29 is 19.4 Å². The summed E-state index contributed by atoms with van der Waals surface area (Å²) in [6.45, 7) is 0.0835. The molecule has 2 N–H and O–H groups in total. The predicted molar refractivity (Wildman–Crippen MR) is 122 cm³/mol. The van der Waals surface area contributed by atoms with Crippen molar-refractivity contribution in [2.45, 2.75) is 6.10 Å². The highest BCUT2D eigenvalue weighted by Gasteiger charge is 2.18. The molecule has 1 atom stereocenters. The molecule has 0 spiro atoms. The Kier molecular flexibility index (Phi) is 5.87. The van der Waals surface area contributed by atoms with Gasteiger partial charge in [-0.3, -0.25) is 9.48 Å². The van der Waals surface area contributed by atoms with E-state index in [2.05, 4.69) is 10.4 Å². The van der Waals surface area contributed by atoms with Crippen LogP contribution in [0.15, 0.2) is 54.7 Å². The van der Waals surface area contributed by atoms with Crippen molar-refractivity contribution in [2.24, 2.45) is 14.1 Å². The van der Waals surface area contributed by atoms with Crippen molar-refractivity contribution in [3.63, 3.8) is 0 Å². The van der Waals surface area contributed by atoms with Crippen LogP contribution in [0, 0.1) is 0 Å². The Morgan fingerprint density at radius 3 is 2.66 bits per heavy atom. The van der Waals surface area contributed by atoms with Crippen molar-refractivity contribution >= 4 is 16.8 Å². The Morgan fingerprint density at radius 1 is 1.09 bits per heavy atom. The Bertz CT molecular complexity index is 1270. The average Bonchev–Trinajstić information content (AvgIpc) is 3.39. The van der Waals surface area contributed by atoms with E-state index >= 15 is 0 Å². The van der Waals surface area contributed by atoms with Gasteiger partial charge in [0.2, 0.25) is 0 Å². The van der Waals surface area contributed by atoms with Gasteiger partial charge in [-0.2, -0.15) is 5.10 Å². The van der Waals surface area contributed by atoms with Gasteiger partial charge in [-0.25, -0.2) is 0 Å². The molecule has 8 heteroatoms. The fourth-order valence-electron chi connectivity index (χ4n) is 3.73. The van der Waals surface area contributed by atoms with E-state index in [-0.39, 0.29) is 12.5 Å². The lowest BCUT2D eigenvalue weighted by molar-refractivity contribution is 0.0907. The lowest BCUT2D eigenvalue weighted by Crippen LogP contribution is -2.29. The number of aliphatic hydroxyl groups excluding tert-OH is 1. The lowest BCUT2D eigenvalue weighted by Gasteiger charge is -2.13. The van der Waals surface area contributed by atoms with E-state index in [1.807, 2.05) is 48.1 Å². The van der Waals surface area contributed by atoms with Gasteiger partial charge in [0, 0.05) is 37.9 Å². The van der Waals surface area contributed by atoms with Gasteiger partial charge >= 0.3 is 0 Å². The van der Waals surface area contributed by atoms with Gasteiger partial charge in [-0.15, -0.1) is 0 Å². The van der Waals surface area contributed by atoms with Crippen LogP contribution in [-0.2, 0) is 14.1 Å². The van der Waals surface area contributed by atoms with Crippen LogP contribution in [0.4, 0.5) is 0 Å². The molecular formula is C24H26N4O4. The second kappa shape index (κ2) is 8.76. The molecule has 2 heterocycles. The minimum Gasteiger partial charge on any atom is -0.497 e. The summed E-state index contributed by atoms with van der Waals surface area (Å²) in [4.78, 5) is 12.8. The number of aromatic nitrogens is 3. The smallest absolute Gasteiger partial charge is 0.269 e. The molecule has 0 radical (unpaired) electrons. The number of carbonyl (C=O) groups excluding carboxylic acids is 1. The van der Waals surface area contributed by atoms with Gasteiger partial charge in [0.15, 0.2) is 0 Å². The van der Waals surface area contributed by atoms with Gasteiger partial charge in [-0.1, -0.05) is 6.07 Å². The Hall–Kier alpha value is -3.78. The largest absolute Gasteiger partial charge is 0.497 e. The van der Waals surface area contributed by atoms with Crippen LogP contribution in [0.2, 0.25) is 0 Å². The summed E-state index contributed by atoms with van der Waals surface area (Å²) in [5, 5.41) is 18.9. The second-order valence-electron chi connectivity index (χ2n) is 7.58. The minimum absolute atomic E-state index is 0.0835. The van der Waals surface area contributed by atoms with E-state index in [0.717, 1.165) is 22.0 Å². The maximum absolute atomic E-state index is 12.8. The number of hydrogen-bond acceptors (Lipinski definition) is 5. The van der Waals surface area contributed by atoms with E-state index in [0.29, 0.717) is 22.9 Å². The molecule has 0 bridgehead atoms. The Balaban J connectivity index is 1.50. The van der Waals surface area contributed by atoms with Gasteiger partial charge < -0.3 is 24.5 Å². The van der Waals surface area contributed by atoms with Gasteiger partial charge in [0.1, 0.15) is 17.2 Å². The number of methoxy groups -OCH3 is 2. The molecule has 0 aliphatic heterocycles. The molecule has 0 unspecified atom stereocenters. The molecule has 0 aliphatic rings. The highest BCUT2D eigenvalue weighted by atomic mass is 16.5. The van der Waals surface area contributed by atoms with Gasteiger partial charge in [-0.05, 0) is 53.4 Å². The van der Waals surface area contributed by atoms with Crippen LogP contribution >= 0.6 is 0 Å². The fraction of sp³-hybridized carbons (Fsp3) is 0.250. The van der Waals surface area contributed by atoms with Crippen LogP contribution in [0.1, 0.15) is 22.2 Å². The number of carbonyl (C=O) groups is 1. The molecule has 4 aromatic rings. The summed E-state index contributed by atoms with van der Waals surface area (Å²) in [5.74, 6) is 0.964. The topological polar surface area (TPSA) is 90.5 Å². The maximum Gasteiger partial charge on any atom is 0.269 e. The van der Waals surface area contributed by atoms with E-state index in [9.17, 15) is 9.90 Å². The molecule has 2 aromatic carbocycles. The molecule has 166 valence electrons. The molecular weight excluding hydrogens is 408 g/mol. The van der Waals surface area contributed by atoms with E-state index in [4.69, 9.17) is 9.47 Å². The van der Waals surface area contributed by atoms with Crippen molar-refractivity contribution in [2.75, 3.05) is 20.8 Å². The van der Waals surface area contributed by atoms with E-state index in [1.54, 1.807) is 39.5 Å². The third-order valence-electron chi connectivity index (χ3n) is 5.55. The monoisotopic (exact) mass is 434 g/mol. The number of aryl methyl sites for hydroxylation is 2. The number of nitrogens with zero attached hydrogens (tertiary/aromatic N) is 3. The summed E-state index contributed by atoms with van der Waals surface area (Å²) in [6.07, 6.45) is 1.15. The number of benzene rings is 2. The van der Waals surface area contributed by atoms with Crippen LogP contribution in [0.3, 0.4) is 0 Å². The van der Waals surface area contributed by atoms with Crippen molar-refractivity contribution in [1.82, 2.24) is 19.7 Å². The van der Waals surface area contributed by atoms with Crippen LogP contribution < -0.4 is 14.8 Å². The number of aliphatic hydroxyl groups is 1. The molecule has 0 saturated heterocycles. The molecule has 0 saturated carbocycles. The zero-order chi connectivity index (χ0) is 22.8. The molecule has 32 heavy (non-hydrogen) atoms. The number of hydrogen-bond donors (Lipinski definition) is 2. The molecule has 0 aliphatic carbocycles. The molecule has 0 fully saturated rings. The molecule has 4 rings (SSSR count). The van der Waals surface area contributed by atoms with Crippen molar-refractivity contribution in [3.8, 4) is 22.8 Å². The summed E-state index contributed by atoms with van der Waals surface area (Å²) < 4.78 is 14.3. The maximum atomic E-state index is 12.8. The summed E-state index contributed by atoms with van der Waals surface area (Å²) in [5.41, 5.74) is 3.51. The first kappa shape index (κ1) is 21.5. The summed E-state index contributed by atoms with van der Waals surface area (Å²) in [6, 6.07) is 14.9. The Morgan fingerprint density at radius 2 is 1.91 bits per heavy atom. The molecule has 1 amide bonds. The van der Waals surface area contributed by atoms with Crippen LogP contribution in [-0.4, -0.2) is 46.1 Å². The number of ether oxygens (including phenoxy) is 2. The van der Waals surface area contributed by atoms with E-state index in [1.165, 1.54) is 4.68 Å². The number of fused-ring (bicyclic) bond motifs is 1. The highest BCUT2D eigenvalue weighted by molar-refractivity contribution is 5.94. The zero-order valence-corrected chi connectivity index (χ0v) is 18.5. The average molecular weight is 434 g/mol. The fourth-order valence-corrected chi connectivity index (χ4v) is 3.73. The summed E-state index contributed by atoms with van der Waals surface area (Å²) in [7, 11) is 6.84. The van der Waals surface area contributed by atoms with E-state index < -0.39 is 6.10 Å². The van der Waals surface area contributed by atoms with Crippen LogP contribution in [0.25, 0.3) is 22.2 Å². The Labute approximate surface area is 186 Å². The first-order valence-electron chi connectivity index (χ1n) is 10.2. The number of nitrogens with one attached hydrogen (secondary N) is 1. The zero-order valence-electron chi connectivity index (χ0n) is 18.5. The highest BCUT2D eigenvalue weighted by Crippen LogP contribution is 2.33. The third-order valence-corrected chi connectivity index (χ3v) is 5.55. The SMILES string of the molecule is COc1ccc(OC)c(-c2cc(C(=O)NC[C@H](O)c3ccc4c(ccn4C)c3)n(C)n2)c1. The van der Waals surface area contributed by atoms with Gasteiger partial charge in [0.25, 0.3) is 5.91 Å². The molecule has 8 nitrogen and oxygen atoms in total. The first-order chi connectivity index (χ1) is 15.4. The standard InChI is InChI=1S/C24H26N4O4/c1-27-10-9-15-11-16(5-7-20(15)27)22(29)14-25-24(30)21-13-19(26-28(21)2)18-12-17(31-3)6-8-23(18)32-4/h5-13,22,29H,14H2,1-4H3,(H,25,30)/t22-/m0/s1. The minimum atomic E-state index is -0.824. The predicted octanol–water partition coefficient (Wildman–Crippen LogP) is 3.06. The van der Waals surface area contributed by atoms with Gasteiger partial charge in [0.05, 0.1) is 26.0 Å².